The van der Waals surface area contributed by atoms with Crippen molar-refractivity contribution < 1.29 is 9.53 Å². The normalized spacial score (nSPS) is 15.2. The number of anilines is 1. The molecule has 3 rings (SSSR count). The van der Waals surface area contributed by atoms with Crippen molar-refractivity contribution in [2.75, 3.05) is 18.4 Å². The van der Waals surface area contributed by atoms with Crippen molar-refractivity contribution in [3.8, 4) is 5.88 Å². The van der Waals surface area contributed by atoms with Crippen molar-refractivity contribution in [1.29, 1.82) is 0 Å². The van der Waals surface area contributed by atoms with Gasteiger partial charge in [-0.2, -0.15) is 0 Å². The molecule has 1 aliphatic heterocycles. The fraction of sp³-hybridized carbons (Fsp3) is 0.389. The number of carbonyl (C=O) groups is 1. The number of piperidine rings is 1. The van der Waals surface area contributed by atoms with Crippen LogP contribution in [0.5, 0.6) is 5.88 Å². The van der Waals surface area contributed by atoms with Gasteiger partial charge in [0.05, 0.1) is 6.20 Å². The molecule has 0 aliphatic carbocycles. The lowest BCUT2D eigenvalue weighted by molar-refractivity contribution is 0.111. The van der Waals surface area contributed by atoms with Crippen LogP contribution in [-0.4, -0.2) is 40.1 Å². The average Bonchev–Trinajstić information content (AvgIpc) is 2.60. The number of rotatable bonds is 3. The Morgan fingerprint density at radius 1 is 1.21 bits per heavy atom. The monoisotopic (exact) mass is 326 g/mol. The van der Waals surface area contributed by atoms with Gasteiger partial charge in [-0.15, -0.1) is 0 Å². The summed E-state index contributed by atoms with van der Waals surface area (Å²) < 4.78 is 5.80. The predicted molar refractivity (Wildman–Crippen MR) is 92.2 cm³/mol. The van der Waals surface area contributed by atoms with E-state index in [1.54, 1.807) is 18.6 Å². The van der Waals surface area contributed by atoms with Crippen LogP contribution in [0.3, 0.4) is 0 Å². The summed E-state index contributed by atoms with van der Waals surface area (Å²) >= 11 is 0. The van der Waals surface area contributed by atoms with Gasteiger partial charge in [0.15, 0.2) is 0 Å². The lowest BCUT2D eigenvalue weighted by Gasteiger charge is -2.31. The van der Waals surface area contributed by atoms with Gasteiger partial charge in [0.25, 0.3) is 0 Å². The highest BCUT2D eigenvalue weighted by atomic mass is 16.5. The molecule has 0 spiro atoms. The highest BCUT2D eigenvalue weighted by Crippen LogP contribution is 2.18. The second kappa shape index (κ2) is 7.29. The lowest BCUT2D eigenvalue weighted by atomic mass is 10.1. The minimum atomic E-state index is -0.0591. The minimum Gasteiger partial charge on any atom is -0.473 e. The van der Waals surface area contributed by atoms with Crippen molar-refractivity contribution in [3.63, 3.8) is 0 Å². The van der Waals surface area contributed by atoms with Gasteiger partial charge in [0.1, 0.15) is 6.10 Å². The van der Waals surface area contributed by atoms with E-state index in [2.05, 4.69) is 22.2 Å². The summed E-state index contributed by atoms with van der Waals surface area (Å²) in [7, 11) is 0. The number of aryl methyl sites for hydroxylation is 2. The predicted octanol–water partition coefficient (Wildman–Crippen LogP) is 3.17. The van der Waals surface area contributed by atoms with E-state index in [9.17, 15) is 4.79 Å². The van der Waals surface area contributed by atoms with Gasteiger partial charge >= 0.3 is 6.03 Å². The van der Waals surface area contributed by atoms with Crippen molar-refractivity contribution in [2.45, 2.75) is 32.8 Å². The van der Waals surface area contributed by atoms with E-state index in [1.807, 2.05) is 30.0 Å². The highest BCUT2D eigenvalue weighted by Gasteiger charge is 2.24. The minimum absolute atomic E-state index is 0.0591. The molecule has 1 aliphatic rings. The molecule has 126 valence electrons. The number of nitrogens with one attached hydrogen (secondary N) is 1. The Bertz CT molecular complexity index is 697. The van der Waals surface area contributed by atoms with E-state index in [-0.39, 0.29) is 12.1 Å². The number of hydrogen-bond acceptors (Lipinski definition) is 4. The average molecular weight is 326 g/mol. The molecule has 0 unspecified atom stereocenters. The first kappa shape index (κ1) is 16.2. The Balaban J connectivity index is 1.50. The zero-order valence-electron chi connectivity index (χ0n) is 14.0. The Hall–Kier alpha value is -2.63. The molecule has 0 radical (unpaired) electrons. The van der Waals surface area contributed by atoms with Crippen LogP contribution in [0.15, 0.2) is 36.8 Å². The van der Waals surface area contributed by atoms with E-state index in [0.29, 0.717) is 19.0 Å². The van der Waals surface area contributed by atoms with E-state index in [4.69, 9.17) is 4.74 Å². The maximum Gasteiger partial charge on any atom is 0.321 e. The van der Waals surface area contributed by atoms with Crippen LogP contribution in [-0.2, 0) is 0 Å². The first-order chi connectivity index (χ1) is 11.6. The van der Waals surface area contributed by atoms with Crippen LogP contribution in [0, 0.1) is 13.8 Å². The fourth-order valence-corrected chi connectivity index (χ4v) is 2.72. The van der Waals surface area contributed by atoms with Crippen molar-refractivity contribution >= 4 is 11.7 Å². The molecule has 0 bridgehead atoms. The van der Waals surface area contributed by atoms with Gasteiger partial charge in [-0.3, -0.25) is 4.98 Å². The molecular formula is C18H22N4O2. The van der Waals surface area contributed by atoms with Crippen LogP contribution in [0.2, 0.25) is 0 Å². The number of nitrogens with zero attached hydrogens (tertiary/aromatic N) is 3. The summed E-state index contributed by atoms with van der Waals surface area (Å²) in [6.07, 6.45) is 6.49. The number of amides is 2. The van der Waals surface area contributed by atoms with Gasteiger partial charge < -0.3 is 15.0 Å². The van der Waals surface area contributed by atoms with Crippen LogP contribution >= 0.6 is 0 Å². The van der Waals surface area contributed by atoms with Crippen LogP contribution < -0.4 is 10.1 Å². The number of likely N-dealkylation sites (tertiary alicyclic amines) is 1. The molecule has 2 heterocycles. The number of ether oxygens (including phenoxy) is 1. The zero-order chi connectivity index (χ0) is 16.9. The van der Waals surface area contributed by atoms with Crippen molar-refractivity contribution in [2.24, 2.45) is 0 Å². The SMILES string of the molecule is Cc1ccc(NC(=O)N2CCC(Oc3cnccn3)CC2)cc1C. The molecule has 1 fully saturated rings. The summed E-state index contributed by atoms with van der Waals surface area (Å²) in [6, 6.07) is 5.89. The third-order valence-electron chi connectivity index (χ3n) is 4.31. The molecule has 6 heteroatoms. The van der Waals surface area contributed by atoms with E-state index in [1.165, 1.54) is 11.1 Å². The molecule has 2 aromatic rings. The van der Waals surface area contributed by atoms with Crippen LogP contribution in [0.4, 0.5) is 10.5 Å². The summed E-state index contributed by atoms with van der Waals surface area (Å²) in [5, 5.41) is 2.97. The maximum atomic E-state index is 12.4. The Morgan fingerprint density at radius 2 is 2.00 bits per heavy atom. The number of urea groups is 1. The molecule has 2 amide bonds. The molecule has 24 heavy (non-hydrogen) atoms. The molecule has 1 saturated heterocycles. The topological polar surface area (TPSA) is 67.4 Å². The van der Waals surface area contributed by atoms with Crippen molar-refractivity contribution in [3.05, 3.63) is 47.9 Å². The third kappa shape index (κ3) is 4.01. The Kier molecular flexibility index (Phi) is 4.93. The molecule has 0 saturated carbocycles. The van der Waals surface area contributed by atoms with E-state index in [0.717, 1.165) is 18.5 Å². The number of hydrogen-bond donors (Lipinski definition) is 1. The first-order valence-corrected chi connectivity index (χ1v) is 8.17. The van der Waals surface area contributed by atoms with E-state index < -0.39 is 0 Å². The number of benzene rings is 1. The third-order valence-corrected chi connectivity index (χ3v) is 4.31. The summed E-state index contributed by atoms with van der Waals surface area (Å²) in [5.41, 5.74) is 3.22. The molecule has 1 N–H and O–H groups in total. The summed E-state index contributed by atoms with van der Waals surface area (Å²) in [4.78, 5) is 22.3. The largest absolute Gasteiger partial charge is 0.473 e. The van der Waals surface area contributed by atoms with Crippen LogP contribution in [0.25, 0.3) is 0 Å². The molecular weight excluding hydrogens is 304 g/mol. The first-order valence-electron chi connectivity index (χ1n) is 8.17. The zero-order valence-corrected chi connectivity index (χ0v) is 14.0. The second-order valence-corrected chi connectivity index (χ2v) is 6.08. The molecule has 0 atom stereocenters. The molecule has 1 aromatic carbocycles. The van der Waals surface area contributed by atoms with Crippen molar-refractivity contribution in [1.82, 2.24) is 14.9 Å². The Morgan fingerprint density at radius 3 is 2.67 bits per heavy atom. The Labute approximate surface area is 141 Å². The highest BCUT2D eigenvalue weighted by molar-refractivity contribution is 5.89. The fourth-order valence-electron chi connectivity index (χ4n) is 2.72. The quantitative estimate of drug-likeness (QED) is 0.941. The van der Waals surface area contributed by atoms with Gasteiger partial charge in [-0.1, -0.05) is 6.07 Å². The summed E-state index contributed by atoms with van der Waals surface area (Å²) in [5.74, 6) is 0.538. The van der Waals surface area contributed by atoms with Gasteiger partial charge in [0, 0.05) is 44.0 Å². The van der Waals surface area contributed by atoms with Crippen LogP contribution in [0.1, 0.15) is 24.0 Å². The maximum absolute atomic E-state index is 12.4. The van der Waals surface area contributed by atoms with E-state index >= 15 is 0 Å². The smallest absolute Gasteiger partial charge is 0.321 e. The molecule has 1 aromatic heterocycles. The molecule has 6 nitrogen and oxygen atoms in total. The number of aromatic nitrogens is 2. The van der Waals surface area contributed by atoms with Gasteiger partial charge in [-0.25, -0.2) is 9.78 Å². The lowest BCUT2D eigenvalue weighted by Crippen LogP contribution is -2.43. The standard InChI is InChI=1S/C18H22N4O2/c1-13-3-4-15(11-14(13)2)21-18(23)22-9-5-16(6-10-22)24-17-12-19-7-8-20-17/h3-4,7-8,11-12,16H,5-6,9-10H2,1-2H3,(H,21,23). The van der Waals surface area contributed by atoms with Gasteiger partial charge in [-0.05, 0) is 37.1 Å². The summed E-state index contributed by atoms with van der Waals surface area (Å²) in [6.45, 7) is 5.44. The number of carbonyl (C=O) groups excluding carboxylic acids is 1. The van der Waals surface area contributed by atoms with Gasteiger partial charge in [0.2, 0.25) is 5.88 Å². The second-order valence-electron chi connectivity index (χ2n) is 6.08.